The molecule has 3 heterocycles. The zero-order chi connectivity index (χ0) is 19.3. The summed E-state index contributed by atoms with van der Waals surface area (Å²) in [5.41, 5.74) is 1.57. The predicted molar refractivity (Wildman–Crippen MR) is 110 cm³/mol. The molecule has 0 aliphatic carbocycles. The first-order valence-corrected chi connectivity index (χ1v) is 9.47. The number of carbonyl (C=O) groups is 1. The van der Waals surface area contributed by atoms with Gasteiger partial charge in [0.15, 0.2) is 0 Å². The van der Waals surface area contributed by atoms with Crippen molar-refractivity contribution in [3.8, 4) is 5.69 Å². The summed E-state index contributed by atoms with van der Waals surface area (Å²) in [4.78, 5) is 31.0. The van der Waals surface area contributed by atoms with E-state index in [9.17, 15) is 9.59 Å². The number of pyridine rings is 2. The summed E-state index contributed by atoms with van der Waals surface area (Å²) < 4.78 is 1.58. The van der Waals surface area contributed by atoms with Crippen molar-refractivity contribution in [1.82, 2.24) is 9.55 Å². The zero-order valence-corrected chi connectivity index (χ0v) is 15.5. The maximum absolute atomic E-state index is 13.0. The predicted octanol–water partition coefficient (Wildman–Crippen LogP) is 3.09. The van der Waals surface area contributed by atoms with E-state index in [0.717, 1.165) is 30.0 Å². The minimum Gasteiger partial charge on any atom is -0.369 e. The molecule has 1 fully saturated rings. The van der Waals surface area contributed by atoms with Crippen LogP contribution in [0.25, 0.3) is 5.69 Å². The summed E-state index contributed by atoms with van der Waals surface area (Å²) in [7, 11) is 0. The fraction of sp³-hybridized carbons (Fsp3) is 0.227. The van der Waals surface area contributed by atoms with Gasteiger partial charge in [0.2, 0.25) is 5.91 Å². The van der Waals surface area contributed by atoms with Gasteiger partial charge in [0, 0.05) is 42.9 Å². The van der Waals surface area contributed by atoms with Crippen molar-refractivity contribution in [3.63, 3.8) is 0 Å². The second-order valence-electron chi connectivity index (χ2n) is 6.85. The first-order valence-electron chi connectivity index (χ1n) is 9.47. The van der Waals surface area contributed by atoms with Crippen LogP contribution in [-0.4, -0.2) is 28.5 Å². The molecule has 1 atom stereocenters. The lowest BCUT2D eigenvalue weighted by molar-refractivity contribution is -0.123. The first kappa shape index (κ1) is 18.0. The molecular weight excluding hydrogens is 352 g/mol. The first-order chi connectivity index (χ1) is 13.7. The average Bonchev–Trinajstić information content (AvgIpc) is 2.74. The van der Waals surface area contributed by atoms with E-state index < -0.39 is 0 Å². The lowest BCUT2D eigenvalue weighted by Gasteiger charge is -2.32. The molecule has 6 nitrogen and oxygen atoms in total. The Labute approximate surface area is 163 Å². The smallest absolute Gasteiger partial charge is 0.255 e. The van der Waals surface area contributed by atoms with E-state index in [1.807, 2.05) is 53.4 Å². The van der Waals surface area contributed by atoms with E-state index in [-0.39, 0.29) is 17.4 Å². The van der Waals surface area contributed by atoms with E-state index in [1.165, 1.54) is 6.07 Å². The number of hydrogen-bond donors (Lipinski definition) is 1. The molecule has 6 heteroatoms. The Hall–Kier alpha value is -3.41. The van der Waals surface area contributed by atoms with Crippen LogP contribution in [0.4, 0.5) is 11.5 Å². The topological polar surface area (TPSA) is 67.2 Å². The number of anilines is 2. The molecule has 2 aromatic heterocycles. The van der Waals surface area contributed by atoms with E-state index in [2.05, 4.69) is 10.3 Å². The van der Waals surface area contributed by atoms with Gasteiger partial charge in [-0.25, -0.2) is 4.98 Å². The fourth-order valence-electron chi connectivity index (χ4n) is 3.52. The van der Waals surface area contributed by atoms with Crippen molar-refractivity contribution >= 4 is 17.4 Å². The molecule has 4 rings (SSSR count). The molecule has 1 aromatic carbocycles. The van der Waals surface area contributed by atoms with Gasteiger partial charge in [0.1, 0.15) is 5.82 Å². The normalized spacial score (nSPS) is 16.8. The number of aromatic nitrogens is 2. The number of hydrogen-bond acceptors (Lipinski definition) is 4. The zero-order valence-electron chi connectivity index (χ0n) is 15.5. The molecule has 1 amide bonds. The lowest BCUT2D eigenvalue weighted by atomic mass is 9.96. The van der Waals surface area contributed by atoms with Crippen molar-refractivity contribution in [1.29, 1.82) is 0 Å². The Morgan fingerprint density at radius 3 is 2.50 bits per heavy atom. The largest absolute Gasteiger partial charge is 0.369 e. The highest BCUT2D eigenvalue weighted by molar-refractivity contribution is 5.96. The van der Waals surface area contributed by atoms with Crippen LogP contribution in [0.1, 0.15) is 12.8 Å². The molecule has 1 aliphatic rings. The molecule has 3 aromatic rings. The highest BCUT2D eigenvalue weighted by atomic mass is 16.2. The maximum atomic E-state index is 13.0. The van der Waals surface area contributed by atoms with Gasteiger partial charge in [0.25, 0.3) is 5.56 Å². The van der Waals surface area contributed by atoms with Gasteiger partial charge in [-0.2, -0.15) is 0 Å². The summed E-state index contributed by atoms with van der Waals surface area (Å²) in [5.74, 6) is 0.830. The second-order valence-corrected chi connectivity index (χ2v) is 6.85. The van der Waals surface area contributed by atoms with Gasteiger partial charge >= 0.3 is 0 Å². The van der Waals surface area contributed by atoms with Crippen molar-refractivity contribution in [3.05, 3.63) is 83.4 Å². The van der Waals surface area contributed by atoms with Crippen LogP contribution in [0.3, 0.4) is 0 Å². The summed E-state index contributed by atoms with van der Waals surface area (Å²) in [5, 5.41) is 3.26. The van der Waals surface area contributed by atoms with Gasteiger partial charge in [-0.3, -0.25) is 14.2 Å². The number of nitrogens with zero attached hydrogens (tertiary/aromatic N) is 3. The van der Waals surface area contributed by atoms with Crippen LogP contribution in [0.2, 0.25) is 0 Å². The Kier molecular flexibility index (Phi) is 5.19. The third-order valence-corrected chi connectivity index (χ3v) is 5.01. The third kappa shape index (κ3) is 3.81. The highest BCUT2D eigenvalue weighted by Crippen LogP contribution is 2.25. The molecule has 1 saturated heterocycles. The Balaban J connectivity index is 1.47. The molecule has 0 saturated carbocycles. The van der Waals surface area contributed by atoms with Crippen LogP contribution in [0.5, 0.6) is 0 Å². The van der Waals surface area contributed by atoms with Gasteiger partial charge in [0.05, 0.1) is 5.92 Å². The quantitative estimate of drug-likeness (QED) is 0.745. The SMILES string of the molecule is O=C1C(CNc2ccccn2)CCCN1c1ccc(-n2ccccc2=O)cc1. The molecule has 0 spiro atoms. The molecule has 1 unspecified atom stereocenters. The lowest BCUT2D eigenvalue weighted by Crippen LogP contribution is -2.43. The molecule has 1 N–H and O–H groups in total. The monoisotopic (exact) mass is 374 g/mol. The molecular formula is C22H22N4O2. The molecule has 142 valence electrons. The van der Waals surface area contributed by atoms with Crippen LogP contribution in [0.15, 0.2) is 77.9 Å². The third-order valence-electron chi connectivity index (χ3n) is 5.01. The van der Waals surface area contributed by atoms with E-state index >= 15 is 0 Å². The van der Waals surface area contributed by atoms with Gasteiger partial charge in [-0.05, 0) is 55.3 Å². The van der Waals surface area contributed by atoms with Crippen molar-refractivity contribution in [2.45, 2.75) is 12.8 Å². The minimum absolute atomic E-state index is 0.0767. The molecule has 0 bridgehead atoms. The average molecular weight is 374 g/mol. The van der Waals surface area contributed by atoms with Crippen LogP contribution in [-0.2, 0) is 4.79 Å². The van der Waals surface area contributed by atoms with Gasteiger partial charge in [-0.1, -0.05) is 12.1 Å². The van der Waals surface area contributed by atoms with E-state index in [4.69, 9.17) is 0 Å². The van der Waals surface area contributed by atoms with E-state index in [0.29, 0.717) is 13.1 Å². The van der Waals surface area contributed by atoms with E-state index in [1.54, 1.807) is 23.0 Å². The number of nitrogens with one attached hydrogen (secondary N) is 1. The Morgan fingerprint density at radius 1 is 0.964 bits per heavy atom. The van der Waals surface area contributed by atoms with Crippen LogP contribution >= 0.6 is 0 Å². The Morgan fingerprint density at radius 2 is 1.75 bits per heavy atom. The number of benzene rings is 1. The van der Waals surface area contributed by atoms with Gasteiger partial charge in [-0.15, -0.1) is 0 Å². The van der Waals surface area contributed by atoms with Crippen molar-refractivity contribution in [2.24, 2.45) is 5.92 Å². The summed E-state index contributed by atoms with van der Waals surface area (Å²) >= 11 is 0. The van der Waals surface area contributed by atoms with Crippen molar-refractivity contribution in [2.75, 3.05) is 23.3 Å². The second kappa shape index (κ2) is 8.08. The number of carbonyl (C=O) groups excluding carboxylic acids is 1. The van der Waals surface area contributed by atoms with Crippen LogP contribution in [0, 0.1) is 5.92 Å². The van der Waals surface area contributed by atoms with Gasteiger partial charge < -0.3 is 10.2 Å². The highest BCUT2D eigenvalue weighted by Gasteiger charge is 2.29. The maximum Gasteiger partial charge on any atom is 0.255 e. The Bertz CT molecular complexity index is 999. The molecule has 0 radical (unpaired) electrons. The van der Waals surface area contributed by atoms with Crippen LogP contribution < -0.4 is 15.8 Å². The fourth-order valence-corrected chi connectivity index (χ4v) is 3.52. The summed E-state index contributed by atoms with van der Waals surface area (Å²) in [6.07, 6.45) is 5.30. The standard InChI is InChI=1S/C22H22N4O2/c27-21-8-2-4-14-25(21)18-9-11-19(12-10-18)26-15-5-6-17(22(26)28)16-24-20-7-1-3-13-23-20/h1-4,7-14,17H,5-6,15-16H2,(H,23,24). The summed E-state index contributed by atoms with van der Waals surface area (Å²) in [6, 6.07) is 18.3. The summed E-state index contributed by atoms with van der Waals surface area (Å²) in [6.45, 7) is 1.29. The molecule has 1 aliphatic heterocycles. The molecule has 28 heavy (non-hydrogen) atoms. The number of amides is 1. The number of rotatable bonds is 5. The minimum atomic E-state index is -0.0787. The number of piperidine rings is 1. The van der Waals surface area contributed by atoms with Crippen molar-refractivity contribution < 1.29 is 4.79 Å².